The zero-order chi connectivity index (χ0) is 17.9. The van der Waals surface area contributed by atoms with E-state index < -0.39 is 0 Å². The van der Waals surface area contributed by atoms with Gasteiger partial charge in [-0.1, -0.05) is 12.1 Å². The van der Waals surface area contributed by atoms with Gasteiger partial charge in [0.25, 0.3) is 0 Å². The van der Waals surface area contributed by atoms with Crippen LogP contribution in [0.25, 0.3) is 22.3 Å². The van der Waals surface area contributed by atoms with E-state index >= 15 is 0 Å². The normalized spacial score (nSPS) is 10.8. The van der Waals surface area contributed by atoms with Crippen molar-refractivity contribution in [3.63, 3.8) is 0 Å². The number of anilines is 1. The average Bonchev–Trinajstić information content (AvgIpc) is 3.08. The molecule has 3 aromatic heterocycles. The number of aromatic nitrogens is 4. The van der Waals surface area contributed by atoms with Crippen molar-refractivity contribution in [2.75, 3.05) is 5.32 Å². The van der Waals surface area contributed by atoms with Crippen LogP contribution >= 0.6 is 0 Å². The van der Waals surface area contributed by atoms with E-state index in [1.54, 1.807) is 30.6 Å². The number of nitrogens with one attached hydrogen (secondary N) is 2. The molecular weight excluding hydrogens is 333 g/mol. The molecule has 0 fully saturated rings. The lowest BCUT2D eigenvalue weighted by atomic mass is 10.1. The van der Waals surface area contributed by atoms with E-state index in [1.165, 1.54) is 12.1 Å². The summed E-state index contributed by atoms with van der Waals surface area (Å²) in [6.45, 7) is 0. The largest absolute Gasteiger partial charge is 0.345 e. The standard InChI is InChI=1S/C19H14FN5O/c20-13-5-3-12(4-6-13)10-17(26)25-19-22-9-7-16(24-19)15-11-23-18-14(15)2-1-8-21-18/h1-9,11H,10H2,(H,21,23)(H,22,24,25,26). The lowest BCUT2D eigenvalue weighted by Crippen LogP contribution is -2.16. The molecule has 0 radical (unpaired) electrons. The van der Waals surface area contributed by atoms with Crippen LogP contribution in [0.2, 0.25) is 0 Å². The van der Waals surface area contributed by atoms with Crippen LogP contribution in [0.5, 0.6) is 0 Å². The van der Waals surface area contributed by atoms with Crippen molar-refractivity contribution >= 4 is 22.9 Å². The zero-order valence-corrected chi connectivity index (χ0v) is 13.6. The molecule has 2 N–H and O–H groups in total. The van der Waals surface area contributed by atoms with Crippen LogP contribution in [-0.4, -0.2) is 25.8 Å². The number of H-pyrrole nitrogens is 1. The fourth-order valence-electron chi connectivity index (χ4n) is 2.69. The number of hydrogen-bond acceptors (Lipinski definition) is 4. The van der Waals surface area contributed by atoms with E-state index in [1.807, 2.05) is 18.3 Å². The second kappa shape index (κ2) is 6.72. The Kier molecular flexibility index (Phi) is 4.10. The minimum absolute atomic E-state index is 0.116. The van der Waals surface area contributed by atoms with E-state index in [-0.39, 0.29) is 24.1 Å². The summed E-state index contributed by atoms with van der Waals surface area (Å²) in [6.07, 6.45) is 5.24. The molecule has 0 bridgehead atoms. The highest BCUT2D eigenvalue weighted by atomic mass is 19.1. The molecular formula is C19H14FN5O. The fourth-order valence-corrected chi connectivity index (χ4v) is 2.69. The van der Waals surface area contributed by atoms with Gasteiger partial charge in [-0.25, -0.2) is 19.3 Å². The summed E-state index contributed by atoms with van der Waals surface area (Å²) in [4.78, 5) is 28.0. The number of carbonyl (C=O) groups excluding carboxylic acids is 1. The molecule has 0 saturated heterocycles. The number of benzene rings is 1. The van der Waals surface area contributed by atoms with Crippen LogP contribution in [0.1, 0.15) is 5.56 Å². The topological polar surface area (TPSA) is 83.6 Å². The summed E-state index contributed by atoms with van der Waals surface area (Å²) in [6, 6.07) is 11.4. The van der Waals surface area contributed by atoms with Crippen molar-refractivity contribution in [1.29, 1.82) is 0 Å². The van der Waals surface area contributed by atoms with Crippen molar-refractivity contribution in [1.82, 2.24) is 19.9 Å². The fraction of sp³-hybridized carbons (Fsp3) is 0.0526. The molecule has 0 aliphatic heterocycles. The van der Waals surface area contributed by atoms with Gasteiger partial charge in [0, 0.05) is 29.5 Å². The molecule has 0 saturated carbocycles. The highest BCUT2D eigenvalue weighted by molar-refractivity contribution is 5.93. The van der Waals surface area contributed by atoms with E-state index in [9.17, 15) is 9.18 Å². The second-order valence-corrected chi connectivity index (χ2v) is 5.72. The summed E-state index contributed by atoms with van der Waals surface area (Å²) in [7, 11) is 0. The molecule has 26 heavy (non-hydrogen) atoms. The first-order valence-corrected chi connectivity index (χ1v) is 7.99. The van der Waals surface area contributed by atoms with Crippen molar-refractivity contribution in [2.45, 2.75) is 6.42 Å². The van der Waals surface area contributed by atoms with E-state index in [0.717, 1.165) is 16.6 Å². The molecule has 4 rings (SSSR count). The van der Waals surface area contributed by atoms with E-state index in [0.29, 0.717) is 11.3 Å². The molecule has 0 aliphatic rings. The van der Waals surface area contributed by atoms with Gasteiger partial charge < -0.3 is 4.98 Å². The van der Waals surface area contributed by atoms with Gasteiger partial charge in [0.2, 0.25) is 11.9 Å². The number of fused-ring (bicyclic) bond motifs is 1. The lowest BCUT2D eigenvalue weighted by molar-refractivity contribution is -0.115. The summed E-state index contributed by atoms with van der Waals surface area (Å²) >= 11 is 0. The zero-order valence-electron chi connectivity index (χ0n) is 13.6. The van der Waals surface area contributed by atoms with Crippen molar-refractivity contribution < 1.29 is 9.18 Å². The Morgan fingerprint density at radius 1 is 1.08 bits per heavy atom. The molecule has 0 aliphatic carbocycles. The van der Waals surface area contributed by atoms with Gasteiger partial charge in [0.1, 0.15) is 11.5 Å². The predicted octanol–water partition coefficient (Wildman–Crippen LogP) is 3.34. The Labute approximate surface area is 148 Å². The molecule has 0 unspecified atom stereocenters. The summed E-state index contributed by atoms with van der Waals surface area (Å²) < 4.78 is 12.9. The molecule has 0 atom stereocenters. The maximum Gasteiger partial charge on any atom is 0.231 e. The minimum Gasteiger partial charge on any atom is -0.345 e. The third-order valence-electron chi connectivity index (χ3n) is 3.91. The first kappa shape index (κ1) is 15.9. The van der Waals surface area contributed by atoms with Crippen LogP contribution < -0.4 is 5.32 Å². The molecule has 6 nitrogen and oxygen atoms in total. The van der Waals surface area contributed by atoms with Crippen molar-refractivity contribution in [3.8, 4) is 11.3 Å². The number of halogens is 1. The summed E-state index contributed by atoms with van der Waals surface area (Å²) in [5.41, 5.74) is 3.03. The van der Waals surface area contributed by atoms with Crippen LogP contribution in [-0.2, 0) is 11.2 Å². The molecule has 1 aromatic carbocycles. The van der Waals surface area contributed by atoms with Crippen LogP contribution in [0, 0.1) is 5.82 Å². The number of hydrogen-bond donors (Lipinski definition) is 2. The Hall–Kier alpha value is -3.61. The van der Waals surface area contributed by atoms with Crippen molar-refractivity contribution in [2.24, 2.45) is 0 Å². The SMILES string of the molecule is O=C(Cc1ccc(F)cc1)Nc1nccc(-c2c[nH]c3ncccc23)n1. The highest BCUT2D eigenvalue weighted by Gasteiger charge is 2.11. The quantitative estimate of drug-likeness (QED) is 0.593. The Morgan fingerprint density at radius 2 is 1.92 bits per heavy atom. The van der Waals surface area contributed by atoms with Gasteiger partial charge in [0.15, 0.2) is 0 Å². The van der Waals surface area contributed by atoms with Gasteiger partial charge in [-0.05, 0) is 35.9 Å². The Balaban J connectivity index is 1.54. The smallest absolute Gasteiger partial charge is 0.231 e. The predicted molar refractivity (Wildman–Crippen MR) is 95.9 cm³/mol. The number of carbonyl (C=O) groups is 1. The number of rotatable bonds is 4. The van der Waals surface area contributed by atoms with Crippen LogP contribution in [0.3, 0.4) is 0 Å². The molecule has 1 amide bonds. The van der Waals surface area contributed by atoms with Gasteiger partial charge >= 0.3 is 0 Å². The number of nitrogens with zero attached hydrogens (tertiary/aromatic N) is 3. The van der Waals surface area contributed by atoms with E-state index in [2.05, 4.69) is 25.3 Å². The highest BCUT2D eigenvalue weighted by Crippen LogP contribution is 2.26. The number of aromatic amines is 1. The number of pyridine rings is 1. The third-order valence-corrected chi connectivity index (χ3v) is 3.91. The summed E-state index contributed by atoms with van der Waals surface area (Å²) in [5.74, 6) is -0.388. The average molecular weight is 347 g/mol. The minimum atomic E-state index is -0.335. The number of amides is 1. The maximum atomic E-state index is 12.9. The van der Waals surface area contributed by atoms with Gasteiger partial charge in [-0.2, -0.15) is 0 Å². The molecule has 7 heteroatoms. The lowest BCUT2D eigenvalue weighted by Gasteiger charge is -2.05. The van der Waals surface area contributed by atoms with Gasteiger partial charge in [-0.15, -0.1) is 0 Å². The van der Waals surface area contributed by atoms with E-state index in [4.69, 9.17) is 0 Å². The van der Waals surface area contributed by atoms with Gasteiger partial charge in [-0.3, -0.25) is 10.1 Å². The first-order valence-electron chi connectivity index (χ1n) is 7.99. The van der Waals surface area contributed by atoms with Crippen molar-refractivity contribution in [3.05, 3.63) is 72.4 Å². The van der Waals surface area contributed by atoms with Crippen LogP contribution in [0.15, 0.2) is 61.1 Å². The van der Waals surface area contributed by atoms with Gasteiger partial charge in [0.05, 0.1) is 12.1 Å². The molecule has 4 aromatic rings. The molecule has 128 valence electrons. The maximum absolute atomic E-state index is 12.9. The summed E-state index contributed by atoms with van der Waals surface area (Å²) in [5, 5.41) is 3.61. The second-order valence-electron chi connectivity index (χ2n) is 5.72. The molecule has 0 spiro atoms. The Morgan fingerprint density at radius 3 is 2.77 bits per heavy atom. The Bertz CT molecular complexity index is 1070. The van der Waals surface area contributed by atoms with Crippen LogP contribution in [0.4, 0.5) is 10.3 Å². The molecule has 3 heterocycles. The third kappa shape index (κ3) is 3.27. The first-order chi connectivity index (χ1) is 12.7. The monoisotopic (exact) mass is 347 g/mol.